The highest BCUT2D eigenvalue weighted by Crippen LogP contribution is 2.28. The smallest absolute Gasteiger partial charge is 0.252 e. The summed E-state index contributed by atoms with van der Waals surface area (Å²) in [6.45, 7) is 4.13. The summed E-state index contributed by atoms with van der Waals surface area (Å²) in [6, 6.07) is 11.7. The first kappa shape index (κ1) is 16.8. The van der Waals surface area contributed by atoms with Gasteiger partial charge in [-0.05, 0) is 49.3 Å². The lowest BCUT2D eigenvalue weighted by molar-refractivity contribution is 0.254. The minimum absolute atomic E-state index is 0.447. The molecule has 132 valence electrons. The molecular weight excluding hydrogens is 354 g/mol. The molecule has 0 spiro atoms. The van der Waals surface area contributed by atoms with Gasteiger partial charge in [0.1, 0.15) is 10.0 Å². The molecule has 5 nitrogen and oxygen atoms in total. The second kappa shape index (κ2) is 6.55. The fourth-order valence-electron chi connectivity index (χ4n) is 3.55. The molecule has 0 unspecified atom stereocenters. The van der Waals surface area contributed by atoms with Crippen LogP contribution in [0.25, 0.3) is 11.0 Å². The number of thiophene rings is 1. The first-order valence-electron chi connectivity index (χ1n) is 8.51. The Morgan fingerprint density at radius 3 is 2.64 bits per heavy atom. The summed E-state index contributed by atoms with van der Waals surface area (Å²) in [5, 5.41) is 1.81. The van der Waals surface area contributed by atoms with Gasteiger partial charge in [-0.15, -0.1) is 11.3 Å². The number of aryl methyl sites for hydroxylation is 1. The normalized spacial score (nSPS) is 17.3. The molecule has 1 aliphatic heterocycles. The van der Waals surface area contributed by atoms with E-state index >= 15 is 0 Å². The Labute approximate surface area is 152 Å². The maximum absolute atomic E-state index is 12.6. The lowest BCUT2D eigenvalue weighted by Crippen LogP contribution is -2.39. The molecule has 1 aromatic carbocycles. The average molecular weight is 376 g/mol. The summed E-state index contributed by atoms with van der Waals surface area (Å²) >= 11 is 1.29. The Bertz CT molecular complexity index is 969. The quantitative estimate of drug-likeness (QED) is 0.701. The summed E-state index contributed by atoms with van der Waals surface area (Å²) in [4.78, 5) is 4.62. The zero-order chi connectivity index (χ0) is 17.4. The number of fused-ring (bicyclic) bond motifs is 1. The minimum atomic E-state index is -3.31. The van der Waals surface area contributed by atoms with Crippen LogP contribution in [0.3, 0.4) is 0 Å². The van der Waals surface area contributed by atoms with Gasteiger partial charge in [-0.25, -0.2) is 13.4 Å². The predicted molar refractivity (Wildman–Crippen MR) is 100 cm³/mol. The third-order valence-electron chi connectivity index (χ3n) is 4.95. The van der Waals surface area contributed by atoms with Crippen molar-refractivity contribution in [3.63, 3.8) is 0 Å². The van der Waals surface area contributed by atoms with E-state index in [9.17, 15) is 8.42 Å². The van der Waals surface area contributed by atoms with Crippen LogP contribution in [0.4, 0.5) is 0 Å². The zero-order valence-corrected chi connectivity index (χ0v) is 15.8. The van der Waals surface area contributed by atoms with Gasteiger partial charge in [0.15, 0.2) is 0 Å². The Hall–Kier alpha value is -1.70. The standard InChI is InChI=1S/C18H21N3O2S2/c1-14-19-16-5-2-3-6-17(16)21(14)13-15-8-10-20(11-9-15)25(22,23)18-7-4-12-24-18/h2-7,12,15H,8-11,13H2,1H3. The van der Waals surface area contributed by atoms with Gasteiger partial charge in [0.25, 0.3) is 10.0 Å². The van der Waals surface area contributed by atoms with Crippen LogP contribution in [0.15, 0.2) is 46.0 Å². The van der Waals surface area contributed by atoms with Gasteiger partial charge in [-0.1, -0.05) is 18.2 Å². The third-order valence-corrected chi connectivity index (χ3v) is 8.22. The summed E-state index contributed by atoms with van der Waals surface area (Å²) in [5.41, 5.74) is 2.19. The molecule has 0 saturated carbocycles. The van der Waals surface area contributed by atoms with Crippen molar-refractivity contribution in [1.82, 2.24) is 13.9 Å². The van der Waals surface area contributed by atoms with Crippen molar-refractivity contribution in [2.75, 3.05) is 13.1 Å². The molecule has 7 heteroatoms. The molecule has 1 aliphatic rings. The molecule has 4 rings (SSSR count). The van der Waals surface area contributed by atoms with E-state index in [-0.39, 0.29) is 0 Å². The van der Waals surface area contributed by atoms with Crippen LogP contribution in [0, 0.1) is 12.8 Å². The third kappa shape index (κ3) is 3.12. The van der Waals surface area contributed by atoms with Crippen molar-refractivity contribution in [2.24, 2.45) is 5.92 Å². The molecule has 3 heterocycles. The molecule has 0 radical (unpaired) electrons. The first-order chi connectivity index (χ1) is 12.1. The second-order valence-corrected chi connectivity index (χ2v) is 9.65. The van der Waals surface area contributed by atoms with Gasteiger partial charge in [0.2, 0.25) is 0 Å². The molecular formula is C18H21N3O2S2. The highest BCUT2D eigenvalue weighted by molar-refractivity contribution is 7.91. The summed E-state index contributed by atoms with van der Waals surface area (Å²) < 4.78 is 29.6. The molecule has 2 aromatic heterocycles. The van der Waals surface area contributed by atoms with E-state index in [1.54, 1.807) is 16.4 Å². The van der Waals surface area contributed by atoms with Gasteiger partial charge >= 0.3 is 0 Å². The van der Waals surface area contributed by atoms with E-state index in [1.807, 2.05) is 30.5 Å². The maximum Gasteiger partial charge on any atom is 0.252 e. The fraction of sp³-hybridized carbons (Fsp3) is 0.389. The highest BCUT2D eigenvalue weighted by Gasteiger charge is 2.30. The van der Waals surface area contributed by atoms with Crippen molar-refractivity contribution < 1.29 is 8.42 Å². The SMILES string of the molecule is Cc1nc2ccccc2n1CC1CCN(S(=O)(=O)c2cccs2)CC1. The van der Waals surface area contributed by atoms with E-state index in [2.05, 4.69) is 15.6 Å². The molecule has 0 N–H and O–H groups in total. The molecule has 1 fully saturated rings. The number of hydrogen-bond acceptors (Lipinski definition) is 4. The Kier molecular flexibility index (Phi) is 4.39. The van der Waals surface area contributed by atoms with Crippen LogP contribution in [0.5, 0.6) is 0 Å². The number of sulfonamides is 1. The van der Waals surface area contributed by atoms with Gasteiger partial charge in [0.05, 0.1) is 11.0 Å². The first-order valence-corrected chi connectivity index (χ1v) is 10.8. The van der Waals surface area contributed by atoms with Crippen molar-refractivity contribution in [3.05, 3.63) is 47.6 Å². The summed E-state index contributed by atoms with van der Waals surface area (Å²) in [5.74, 6) is 1.50. The number of hydrogen-bond donors (Lipinski definition) is 0. The number of benzene rings is 1. The van der Waals surface area contributed by atoms with Crippen LogP contribution in [0.1, 0.15) is 18.7 Å². The Balaban J connectivity index is 1.46. The number of nitrogens with zero attached hydrogens (tertiary/aromatic N) is 3. The molecule has 0 amide bonds. The lowest BCUT2D eigenvalue weighted by Gasteiger charge is -2.31. The lowest BCUT2D eigenvalue weighted by atomic mass is 9.98. The molecule has 0 atom stereocenters. The average Bonchev–Trinajstić information content (AvgIpc) is 3.25. The summed E-state index contributed by atoms with van der Waals surface area (Å²) in [7, 11) is -3.31. The second-order valence-electron chi connectivity index (χ2n) is 6.54. The van der Waals surface area contributed by atoms with E-state index in [1.165, 1.54) is 11.3 Å². The minimum Gasteiger partial charge on any atom is -0.328 e. The predicted octanol–water partition coefficient (Wildman–Crippen LogP) is 3.51. The molecule has 0 aliphatic carbocycles. The van der Waals surface area contributed by atoms with Crippen molar-refractivity contribution >= 4 is 32.4 Å². The highest BCUT2D eigenvalue weighted by atomic mass is 32.2. The Morgan fingerprint density at radius 2 is 1.92 bits per heavy atom. The van der Waals surface area contributed by atoms with Gasteiger partial charge in [-0.2, -0.15) is 4.31 Å². The van der Waals surface area contributed by atoms with Gasteiger partial charge in [-0.3, -0.25) is 0 Å². The largest absolute Gasteiger partial charge is 0.328 e. The monoisotopic (exact) mass is 375 g/mol. The van der Waals surface area contributed by atoms with E-state index in [0.29, 0.717) is 23.2 Å². The number of rotatable bonds is 4. The van der Waals surface area contributed by atoms with Crippen molar-refractivity contribution in [1.29, 1.82) is 0 Å². The van der Waals surface area contributed by atoms with Crippen LogP contribution in [0.2, 0.25) is 0 Å². The fourth-order valence-corrected chi connectivity index (χ4v) is 6.17. The molecule has 0 bridgehead atoms. The van der Waals surface area contributed by atoms with Crippen LogP contribution in [-0.4, -0.2) is 35.4 Å². The molecule has 3 aromatic rings. The van der Waals surface area contributed by atoms with E-state index < -0.39 is 10.0 Å². The molecule has 25 heavy (non-hydrogen) atoms. The summed E-state index contributed by atoms with van der Waals surface area (Å²) in [6.07, 6.45) is 1.77. The molecule has 1 saturated heterocycles. The van der Waals surface area contributed by atoms with Crippen LogP contribution in [-0.2, 0) is 16.6 Å². The van der Waals surface area contributed by atoms with E-state index in [4.69, 9.17) is 0 Å². The van der Waals surface area contributed by atoms with E-state index in [0.717, 1.165) is 36.2 Å². The topological polar surface area (TPSA) is 55.2 Å². The van der Waals surface area contributed by atoms with Gasteiger partial charge in [0, 0.05) is 19.6 Å². The zero-order valence-electron chi connectivity index (χ0n) is 14.1. The Morgan fingerprint density at radius 1 is 1.16 bits per heavy atom. The van der Waals surface area contributed by atoms with Crippen LogP contribution >= 0.6 is 11.3 Å². The van der Waals surface area contributed by atoms with Crippen LogP contribution < -0.4 is 0 Å². The number of para-hydroxylation sites is 2. The van der Waals surface area contributed by atoms with Crippen molar-refractivity contribution in [2.45, 2.75) is 30.5 Å². The number of aromatic nitrogens is 2. The van der Waals surface area contributed by atoms with Crippen molar-refractivity contribution in [3.8, 4) is 0 Å². The number of piperidine rings is 1. The van der Waals surface area contributed by atoms with Gasteiger partial charge < -0.3 is 4.57 Å². The maximum atomic E-state index is 12.6. The number of imidazole rings is 1.